The molecule has 0 aliphatic heterocycles. The third-order valence-electron chi connectivity index (χ3n) is 2.68. The quantitative estimate of drug-likeness (QED) is 0.350. The number of fused-ring (bicyclic) bond motifs is 2. The topological polar surface area (TPSA) is 26.9 Å². The van der Waals surface area contributed by atoms with Crippen molar-refractivity contribution in [2.45, 2.75) is 0 Å². The molecule has 3 aromatic rings. The van der Waals surface area contributed by atoms with Gasteiger partial charge in [0, 0.05) is 10.8 Å². The lowest BCUT2D eigenvalue weighted by molar-refractivity contribution is -0.604. The van der Waals surface area contributed by atoms with Crippen LogP contribution in [0.5, 0.6) is 0 Å². The van der Waals surface area contributed by atoms with Gasteiger partial charge in [-0.05, 0) is 38.8 Å². The molecule has 1 heterocycles. The fourth-order valence-corrected chi connectivity index (χ4v) is 2.47. The van der Waals surface area contributed by atoms with Gasteiger partial charge >= 0.3 is 0 Å². The largest absolute Gasteiger partial charge is 0.619 e. The highest BCUT2D eigenvalue weighted by atomic mass is 79.9. The van der Waals surface area contributed by atoms with Crippen LogP contribution in [0, 0.1) is 5.21 Å². The molecule has 3 heteroatoms. The highest BCUT2D eigenvalue weighted by Gasteiger charge is 2.05. The van der Waals surface area contributed by atoms with Gasteiger partial charge in [-0.1, -0.05) is 24.3 Å². The van der Waals surface area contributed by atoms with Gasteiger partial charge in [-0.3, -0.25) is 0 Å². The predicted octanol–water partition coefficient (Wildman–Crippen LogP) is 3.39. The number of rotatable bonds is 0. The summed E-state index contributed by atoms with van der Waals surface area (Å²) in [5.74, 6) is 0. The van der Waals surface area contributed by atoms with Crippen molar-refractivity contribution in [3.63, 3.8) is 0 Å². The molecule has 0 N–H and O–H groups in total. The summed E-state index contributed by atoms with van der Waals surface area (Å²) in [4.78, 5) is 0. The van der Waals surface area contributed by atoms with E-state index in [2.05, 4.69) is 28.1 Å². The van der Waals surface area contributed by atoms with Crippen molar-refractivity contribution < 1.29 is 4.73 Å². The number of hydrogen-bond donors (Lipinski definition) is 0. The number of pyridine rings is 1. The molecule has 78 valence electrons. The maximum Gasteiger partial charge on any atom is 0.195 e. The molecule has 1 aromatic heterocycles. The molecular weight excluding hydrogens is 266 g/mol. The predicted molar refractivity (Wildman–Crippen MR) is 68.1 cm³/mol. The minimum atomic E-state index is 0.821. The average Bonchev–Trinajstić information content (AvgIpc) is 2.27. The molecule has 2 nitrogen and oxygen atoms in total. The minimum Gasteiger partial charge on any atom is -0.619 e. The van der Waals surface area contributed by atoms with E-state index in [9.17, 15) is 5.21 Å². The normalized spacial score (nSPS) is 11.1. The van der Waals surface area contributed by atoms with Crippen LogP contribution in [0.25, 0.3) is 21.5 Å². The molecule has 0 fully saturated rings. The first kappa shape index (κ1) is 9.60. The Balaban J connectivity index is 2.51. The molecule has 0 saturated carbocycles. The van der Waals surface area contributed by atoms with Crippen LogP contribution >= 0.6 is 15.9 Å². The van der Waals surface area contributed by atoms with Crippen LogP contribution in [0.3, 0.4) is 0 Å². The second-order valence-corrected chi connectivity index (χ2v) is 4.61. The molecule has 0 bridgehead atoms. The molecule has 0 saturated heterocycles. The van der Waals surface area contributed by atoms with Crippen molar-refractivity contribution in [1.82, 2.24) is 0 Å². The van der Waals surface area contributed by atoms with Gasteiger partial charge in [0.05, 0.1) is 4.47 Å². The van der Waals surface area contributed by atoms with Crippen molar-refractivity contribution in [1.29, 1.82) is 0 Å². The first-order valence-electron chi connectivity index (χ1n) is 4.95. The van der Waals surface area contributed by atoms with Crippen LogP contribution in [0.15, 0.2) is 53.3 Å². The van der Waals surface area contributed by atoms with E-state index in [4.69, 9.17) is 0 Å². The molecule has 0 spiro atoms. The molecule has 0 aliphatic carbocycles. The maximum absolute atomic E-state index is 11.3. The molecular formula is C13H8BrNO. The van der Waals surface area contributed by atoms with E-state index in [0.29, 0.717) is 0 Å². The molecule has 0 aliphatic rings. The number of halogens is 1. The van der Waals surface area contributed by atoms with Gasteiger partial charge in [-0.15, -0.1) is 0 Å². The maximum atomic E-state index is 11.3. The van der Waals surface area contributed by atoms with E-state index in [0.717, 1.165) is 25.4 Å². The summed E-state index contributed by atoms with van der Waals surface area (Å²) in [6.45, 7) is 0. The van der Waals surface area contributed by atoms with E-state index in [1.807, 2.05) is 24.3 Å². The van der Waals surface area contributed by atoms with Gasteiger partial charge in [0.15, 0.2) is 12.4 Å². The zero-order chi connectivity index (χ0) is 11.1. The van der Waals surface area contributed by atoms with E-state index in [1.54, 1.807) is 6.20 Å². The fourth-order valence-electron chi connectivity index (χ4n) is 1.93. The molecule has 0 amide bonds. The van der Waals surface area contributed by atoms with Crippen molar-refractivity contribution in [3.05, 3.63) is 58.5 Å². The molecule has 16 heavy (non-hydrogen) atoms. The summed E-state index contributed by atoms with van der Waals surface area (Å²) in [5, 5.41) is 15.7. The summed E-state index contributed by atoms with van der Waals surface area (Å²) in [7, 11) is 0. The van der Waals surface area contributed by atoms with Crippen LogP contribution in [0.4, 0.5) is 0 Å². The minimum absolute atomic E-state index is 0.821. The molecule has 0 atom stereocenters. The van der Waals surface area contributed by atoms with Crippen molar-refractivity contribution in [2.75, 3.05) is 0 Å². The third-order valence-corrected chi connectivity index (χ3v) is 3.31. The number of hydrogen-bond acceptors (Lipinski definition) is 1. The van der Waals surface area contributed by atoms with Gasteiger partial charge in [-0.25, -0.2) is 0 Å². The molecule has 0 unspecified atom stereocenters. The number of nitrogens with zero attached hydrogens (tertiary/aromatic N) is 1. The summed E-state index contributed by atoms with van der Waals surface area (Å²) in [6.07, 6.45) is 3.11. The average molecular weight is 274 g/mol. The zero-order valence-electron chi connectivity index (χ0n) is 8.35. The van der Waals surface area contributed by atoms with Crippen LogP contribution in [-0.2, 0) is 0 Å². The lowest BCUT2D eigenvalue weighted by Gasteiger charge is -2.04. The summed E-state index contributed by atoms with van der Waals surface area (Å²) in [6, 6.07) is 12.2. The lowest BCUT2D eigenvalue weighted by atomic mass is 10.1. The van der Waals surface area contributed by atoms with Crippen molar-refractivity contribution >= 4 is 37.5 Å². The van der Waals surface area contributed by atoms with Gasteiger partial charge in [0.25, 0.3) is 0 Å². The second kappa shape index (κ2) is 3.46. The second-order valence-electron chi connectivity index (χ2n) is 3.75. The first-order chi connectivity index (χ1) is 7.74. The number of benzene rings is 2. The molecule has 3 rings (SSSR count). The Morgan fingerprint density at radius 1 is 0.938 bits per heavy atom. The van der Waals surface area contributed by atoms with Crippen LogP contribution < -0.4 is 4.73 Å². The van der Waals surface area contributed by atoms with E-state index in [1.165, 1.54) is 11.6 Å². The Kier molecular flexibility index (Phi) is 2.07. The Labute approximate surface area is 101 Å². The van der Waals surface area contributed by atoms with E-state index >= 15 is 0 Å². The lowest BCUT2D eigenvalue weighted by Crippen LogP contribution is -2.24. The smallest absolute Gasteiger partial charge is 0.195 e. The summed E-state index contributed by atoms with van der Waals surface area (Å²) >= 11 is 3.41. The summed E-state index contributed by atoms with van der Waals surface area (Å²) in [5.41, 5.74) is 0. The Hall–Kier alpha value is -1.61. The van der Waals surface area contributed by atoms with E-state index in [-0.39, 0.29) is 0 Å². The third kappa shape index (κ3) is 1.44. The molecule has 0 radical (unpaired) electrons. The fraction of sp³-hybridized carbons (Fsp3) is 0. The van der Waals surface area contributed by atoms with Crippen molar-refractivity contribution in [3.8, 4) is 0 Å². The Morgan fingerprint density at radius 2 is 1.62 bits per heavy atom. The van der Waals surface area contributed by atoms with E-state index < -0.39 is 0 Å². The van der Waals surface area contributed by atoms with Crippen molar-refractivity contribution in [2.24, 2.45) is 0 Å². The first-order valence-corrected chi connectivity index (χ1v) is 5.74. The van der Waals surface area contributed by atoms with Gasteiger partial charge in [0.1, 0.15) is 0 Å². The summed E-state index contributed by atoms with van der Waals surface area (Å²) < 4.78 is 1.65. The SMILES string of the molecule is [O-][n+]1cc(Br)c2cc3ccccc3cc2c1. The van der Waals surface area contributed by atoms with Crippen LogP contribution in [-0.4, -0.2) is 0 Å². The zero-order valence-corrected chi connectivity index (χ0v) is 9.94. The molecule has 2 aromatic carbocycles. The Morgan fingerprint density at radius 3 is 2.38 bits per heavy atom. The number of aromatic nitrogens is 1. The monoisotopic (exact) mass is 273 g/mol. The highest BCUT2D eigenvalue weighted by molar-refractivity contribution is 9.10. The van der Waals surface area contributed by atoms with Gasteiger partial charge < -0.3 is 5.21 Å². The van der Waals surface area contributed by atoms with Crippen LogP contribution in [0.2, 0.25) is 0 Å². The van der Waals surface area contributed by atoms with Crippen LogP contribution in [0.1, 0.15) is 0 Å². The highest BCUT2D eigenvalue weighted by Crippen LogP contribution is 2.26. The Bertz CT molecular complexity index is 694. The standard InChI is InChI=1S/C13H8BrNO/c14-13-8-15(16)7-11-5-9-3-1-2-4-10(9)6-12(11)13/h1-8H. The van der Waals surface area contributed by atoms with Gasteiger partial charge in [0.2, 0.25) is 0 Å². The van der Waals surface area contributed by atoms with Gasteiger partial charge in [-0.2, -0.15) is 4.73 Å².